The molecule has 0 bridgehead atoms. The third-order valence-corrected chi connectivity index (χ3v) is 3.50. The Hall–Kier alpha value is -1.89. The molecule has 6 nitrogen and oxygen atoms in total. The van der Waals surface area contributed by atoms with E-state index in [2.05, 4.69) is 15.3 Å². The summed E-state index contributed by atoms with van der Waals surface area (Å²) >= 11 is 1.50. The molecule has 1 N–H and O–H groups in total. The predicted octanol–water partition coefficient (Wildman–Crippen LogP) is 2.93. The Morgan fingerprint density at radius 3 is 3.16 bits per heavy atom. The number of aromatic nitrogens is 2. The van der Waals surface area contributed by atoms with Gasteiger partial charge >= 0.3 is 12.0 Å². The average Bonchev–Trinajstić information content (AvgIpc) is 2.97. The van der Waals surface area contributed by atoms with Crippen molar-refractivity contribution in [3.8, 4) is 0 Å². The smallest absolute Gasteiger partial charge is 0.360 e. The van der Waals surface area contributed by atoms with Crippen LogP contribution in [0.2, 0.25) is 0 Å². The molecular weight excluding hydrogens is 266 g/mol. The third kappa shape index (κ3) is 2.76. The summed E-state index contributed by atoms with van der Waals surface area (Å²) in [6, 6.07) is 0.250. The second kappa shape index (κ2) is 5.00. The Balaban J connectivity index is 1.67. The zero-order valence-corrected chi connectivity index (χ0v) is 11.2. The highest BCUT2D eigenvalue weighted by molar-refractivity contribution is 7.13. The SMILES string of the molecule is CCOC(=O)c1coc(Nc2nc(C3CC3)cs2)n1. The van der Waals surface area contributed by atoms with Crippen molar-refractivity contribution in [2.45, 2.75) is 25.7 Å². The fourth-order valence-electron chi connectivity index (χ4n) is 1.63. The van der Waals surface area contributed by atoms with E-state index in [1.807, 2.05) is 5.38 Å². The van der Waals surface area contributed by atoms with E-state index in [1.165, 1.54) is 30.4 Å². The van der Waals surface area contributed by atoms with Crippen LogP contribution in [0.1, 0.15) is 41.9 Å². The largest absolute Gasteiger partial charge is 0.461 e. The molecule has 0 amide bonds. The van der Waals surface area contributed by atoms with Gasteiger partial charge in [-0.1, -0.05) is 0 Å². The van der Waals surface area contributed by atoms with E-state index in [-0.39, 0.29) is 11.7 Å². The van der Waals surface area contributed by atoms with Gasteiger partial charge in [-0.25, -0.2) is 9.78 Å². The number of oxazole rings is 1. The Kier molecular flexibility index (Phi) is 3.20. The van der Waals surface area contributed by atoms with Crippen molar-refractivity contribution in [3.63, 3.8) is 0 Å². The monoisotopic (exact) mass is 279 g/mol. The van der Waals surface area contributed by atoms with Crippen LogP contribution < -0.4 is 5.32 Å². The van der Waals surface area contributed by atoms with Gasteiger partial charge in [0.15, 0.2) is 10.8 Å². The van der Waals surface area contributed by atoms with E-state index in [4.69, 9.17) is 9.15 Å². The maximum Gasteiger partial charge on any atom is 0.360 e. The molecule has 0 aromatic carbocycles. The summed E-state index contributed by atoms with van der Waals surface area (Å²) < 4.78 is 10.00. The van der Waals surface area contributed by atoms with Gasteiger partial charge < -0.3 is 9.15 Å². The molecular formula is C12H13N3O3S. The van der Waals surface area contributed by atoms with E-state index in [1.54, 1.807) is 6.92 Å². The first-order valence-electron chi connectivity index (χ1n) is 6.11. The molecule has 2 heterocycles. The van der Waals surface area contributed by atoms with Gasteiger partial charge in [-0.05, 0) is 19.8 Å². The Labute approximate surface area is 113 Å². The molecule has 0 atom stereocenters. The predicted molar refractivity (Wildman–Crippen MR) is 69.8 cm³/mol. The van der Waals surface area contributed by atoms with Gasteiger partial charge in [0.25, 0.3) is 0 Å². The molecule has 2 aromatic heterocycles. The summed E-state index contributed by atoms with van der Waals surface area (Å²) in [6.45, 7) is 2.05. The van der Waals surface area contributed by atoms with Crippen LogP contribution >= 0.6 is 11.3 Å². The molecule has 0 aliphatic heterocycles. The maximum absolute atomic E-state index is 11.4. The summed E-state index contributed by atoms with van der Waals surface area (Å²) in [4.78, 5) is 19.9. The minimum atomic E-state index is -0.489. The molecule has 0 saturated heterocycles. The first-order chi connectivity index (χ1) is 9.26. The number of nitrogens with one attached hydrogen (secondary N) is 1. The first kappa shape index (κ1) is 12.2. The summed E-state index contributed by atoms with van der Waals surface area (Å²) in [5.74, 6) is 0.128. The van der Waals surface area contributed by atoms with Gasteiger partial charge in [-0.15, -0.1) is 11.3 Å². The van der Waals surface area contributed by atoms with Crippen LogP contribution in [0.5, 0.6) is 0 Å². The molecule has 2 aromatic rings. The van der Waals surface area contributed by atoms with Gasteiger partial charge in [0.1, 0.15) is 6.26 Å². The lowest BCUT2D eigenvalue weighted by atomic mass is 10.3. The van der Waals surface area contributed by atoms with E-state index in [0.29, 0.717) is 12.5 Å². The van der Waals surface area contributed by atoms with Gasteiger partial charge in [-0.3, -0.25) is 5.32 Å². The van der Waals surface area contributed by atoms with Crippen molar-refractivity contribution in [1.29, 1.82) is 0 Å². The molecule has 3 rings (SSSR count). The number of carbonyl (C=O) groups is 1. The van der Waals surface area contributed by atoms with Crippen molar-refractivity contribution in [2.24, 2.45) is 0 Å². The fraction of sp³-hybridized carbons (Fsp3) is 0.417. The Morgan fingerprint density at radius 2 is 2.42 bits per heavy atom. The summed E-state index contributed by atoms with van der Waals surface area (Å²) in [5.41, 5.74) is 1.27. The van der Waals surface area contributed by atoms with E-state index < -0.39 is 5.97 Å². The lowest BCUT2D eigenvalue weighted by Gasteiger charge is -1.96. The molecule has 0 radical (unpaired) electrons. The lowest BCUT2D eigenvalue weighted by Crippen LogP contribution is -2.04. The molecule has 1 fully saturated rings. The van der Waals surface area contributed by atoms with Crippen LogP contribution in [0.3, 0.4) is 0 Å². The molecule has 0 unspecified atom stereocenters. The normalized spacial score (nSPS) is 14.4. The highest BCUT2D eigenvalue weighted by Crippen LogP contribution is 2.41. The van der Waals surface area contributed by atoms with Crippen LogP contribution in [0.15, 0.2) is 16.1 Å². The van der Waals surface area contributed by atoms with Crippen molar-refractivity contribution in [3.05, 3.63) is 23.0 Å². The van der Waals surface area contributed by atoms with E-state index >= 15 is 0 Å². The number of esters is 1. The molecule has 1 aliphatic rings. The minimum absolute atomic E-state index is 0.156. The van der Waals surface area contributed by atoms with E-state index in [9.17, 15) is 4.79 Å². The fourth-order valence-corrected chi connectivity index (χ4v) is 2.41. The number of nitrogens with zero attached hydrogens (tertiary/aromatic N) is 2. The number of hydrogen-bond donors (Lipinski definition) is 1. The van der Waals surface area contributed by atoms with Gasteiger partial charge in [0.2, 0.25) is 0 Å². The topological polar surface area (TPSA) is 77.2 Å². The standard InChI is InChI=1S/C12H13N3O3S/c1-2-17-10(16)8-5-18-11(13-8)15-12-14-9(6-19-12)7-3-4-7/h5-7H,2-4H2,1H3,(H,13,14,15). The summed E-state index contributed by atoms with van der Waals surface area (Å²) in [6.07, 6.45) is 3.71. The van der Waals surface area contributed by atoms with Gasteiger partial charge in [0, 0.05) is 11.3 Å². The number of ether oxygens (including phenoxy) is 1. The Morgan fingerprint density at radius 1 is 1.58 bits per heavy atom. The van der Waals surface area contributed by atoms with Gasteiger partial charge in [0.05, 0.1) is 12.3 Å². The second-order valence-corrected chi connectivity index (χ2v) is 5.09. The third-order valence-electron chi connectivity index (χ3n) is 2.72. The average molecular weight is 279 g/mol. The van der Waals surface area contributed by atoms with Crippen molar-refractivity contribution < 1.29 is 13.9 Å². The van der Waals surface area contributed by atoms with Crippen LogP contribution in [-0.4, -0.2) is 22.5 Å². The summed E-state index contributed by atoms with van der Waals surface area (Å²) in [5, 5.41) is 5.70. The number of carbonyl (C=O) groups excluding carboxylic acids is 1. The number of rotatable bonds is 5. The summed E-state index contributed by atoms with van der Waals surface area (Å²) in [7, 11) is 0. The molecule has 1 aliphatic carbocycles. The number of anilines is 2. The van der Waals surface area contributed by atoms with Crippen LogP contribution in [-0.2, 0) is 4.74 Å². The van der Waals surface area contributed by atoms with E-state index in [0.717, 1.165) is 10.8 Å². The molecule has 19 heavy (non-hydrogen) atoms. The van der Waals surface area contributed by atoms with Crippen molar-refractivity contribution in [1.82, 2.24) is 9.97 Å². The molecule has 7 heteroatoms. The second-order valence-electron chi connectivity index (χ2n) is 4.24. The highest BCUT2D eigenvalue weighted by atomic mass is 32.1. The van der Waals surface area contributed by atoms with Crippen LogP contribution in [0.4, 0.5) is 11.1 Å². The number of thiazole rings is 1. The van der Waals surface area contributed by atoms with Crippen molar-refractivity contribution in [2.75, 3.05) is 11.9 Å². The van der Waals surface area contributed by atoms with Gasteiger partial charge in [-0.2, -0.15) is 4.98 Å². The zero-order chi connectivity index (χ0) is 13.2. The molecule has 0 spiro atoms. The highest BCUT2D eigenvalue weighted by Gasteiger charge is 2.26. The number of hydrogen-bond acceptors (Lipinski definition) is 7. The Bertz CT molecular complexity index is 589. The zero-order valence-electron chi connectivity index (χ0n) is 10.4. The van der Waals surface area contributed by atoms with Crippen LogP contribution in [0, 0.1) is 0 Å². The quantitative estimate of drug-likeness (QED) is 0.848. The molecule has 100 valence electrons. The maximum atomic E-state index is 11.4. The van der Waals surface area contributed by atoms with Crippen molar-refractivity contribution >= 4 is 28.5 Å². The van der Waals surface area contributed by atoms with Crippen LogP contribution in [0.25, 0.3) is 0 Å². The molecule has 1 saturated carbocycles. The first-order valence-corrected chi connectivity index (χ1v) is 6.99. The minimum Gasteiger partial charge on any atom is -0.461 e. The lowest BCUT2D eigenvalue weighted by molar-refractivity contribution is 0.0519.